The maximum atomic E-state index is 6.34. The van der Waals surface area contributed by atoms with E-state index in [4.69, 9.17) is 9.47 Å². The summed E-state index contributed by atoms with van der Waals surface area (Å²) in [5.41, 5.74) is 14.3. The van der Waals surface area contributed by atoms with Crippen LogP contribution < -0.4 is 21.7 Å². The van der Waals surface area contributed by atoms with Crippen molar-refractivity contribution in [1.82, 2.24) is 26.8 Å². The van der Waals surface area contributed by atoms with Gasteiger partial charge in [0.1, 0.15) is 0 Å². The quantitative estimate of drug-likeness (QED) is 0.506. The predicted octanol–water partition coefficient (Wildman–Crippen LogP) is 0.298. The second-order valence-electron chi connectivity index (χ2n) is 7.97. The SMILES string of the molecule is C[C@@H]1CCOCC[C@H](C)N2NCC(N2)C2NNC3CCC(CC32)O1. The van der Waals surface area contributed by atoms with Crippen molar-refractivity contribution >= 4 is 0 Å². The zero-order valence-corrected chi connectivity index (χ0v) is 15.0. The minimum atomic E-state index is 0.287. The Labute approximate surface area is 145 Å². The van der Waals surface area contributed by atoms with E-state index >= 15 is 0 Å². The lowest BCUT2D eigenvalue weighted by Gasteiger charge is -2.36. The first-order chi connectivity index (χ1) is 11.7. The predicted molar refractivity (Wildman–Crippen MR) is 91.8 cm³/mol. The van der Waals surface area contributed by atoms with Crippen LogP contribution in [0.15, 0.2) is 0 Å². The van der Waals surface area contributed by atoms with Crippen molar-refractivity contribution in [3.8, 4) is 0 Å². The van der Waals surface area contributed by atoms with E-state index in [0.717, 1.165) is 45.4 Å². The molecule has 0 aromatic carbocycles. The summed E-state index contributed by atoms with van der Waals surface area (Å²) in [5, 5.41) is 2.18. The summed E-state index contributed by atoms with van der Waals surface area (Å²) in [7, 11) is 0. The van der Waals surface area contributed by atoms with Crippen molar-refractivity contribution in [3.05, 3.63) is 0 Å². The van der Waals surface area contributed by atoms with Gasteiger partial charge >= 0.3 is 0 Å². The number of nitrogens with zero attached hydrogens (tertiary/aromatic N) is 1. The molecule has 4 bridgehead atoms. The number of fused-ring (bicyclic) bond motifs is 4. The third kappa shape index (κ3) is 3.62. The number of nitrogens with one attached hydrogen (secondary N) is 4. The first-order valence-electron chi connectivity index (χ1n) is 9.74. The molecular weight excluding hydrogens is 306 g/mol. The normalized spacial score (nSPS) is 50.2. The largest absolute Gasteiger partial charge is 0.381 e. The van der Waals surface area contributed by atoms with Gasteiger partial charge in [0.15, 0.2) is 0 Å². The smallest absolute Gasteiger partial charge is 0.0583 e. The number of hydrazine groups is 3. The Morgan fingerprint density at radius 3 is 2.75 bits per heavy atom. The van der Waals surface area contributed by atoms with Crippen LogP contribution in [-0.4, -0.2) is 61.3 Å². The Balaban J connectivity index is 1.47. The van der Waals surface area contributed by atoms with Crippen LogP contribution in [-0.2, 0) is 9.47 Å². The summed E-state index contributed by atoms with van der Waals surface area (Å²) in [6.45, 7) is 7.00. The van der Waals surface area contributed by atoms with E-state index in [9.17, 15) is 0 Å². The topological polar surface area (TPSA) is 69.8 Å². The van der Waals surface area contributed by atoms with Crippen LogP contribution in [0.1, 0.15) is 46.0 Å². The lowest BCUT2D eigenvalue weighted by molar-refractivity contribution is -0.0481. The maximum absolute atomic E-state index is 6.34. The fraction of sp³-hybridized carbons (Fsp3) is 1.00. The fourth-order valence-electron chi connectivity index (χ4n) is 4.66. The molecule has 3 aliphatic heterocycles. The van der Waals surface area contributed by atoms with Crippen LogP contribution in [0.25, 0.3) is 0 Å². The van der Waals surface area contributed by atoms with Crippen molar-refractivity contribution in [3.63, 3.8) is 0 Å². The van der Waals surface area contributed by atoms with E-state index in [2.05, 4.69) is 40.7 Å². The molecule has 0 amide bonds. The summed E-state index contributed by atoms with van der Waals surface area (Å²) < 4.78 is 12.2. The molecule has 0 radical (unpaired) electrons. The Kier molecular flexibility index (Phi) is 5.38. The molecule has 4 rings (SSSR count). The van der Waals surface area contributed by atoms with Crippen LogP contribution in [0, 0.1) is 5.92 Å². The van der Waals surface area contributed by atoms with Crippen LogP contribution in [0.2, 0.25) is 0 Å². The second kappa shape index (κ2) is 7.53. The summed E-state index contributed by atoms with van der Waals surface area (Å²) in [5.74, 6) is 0.631. The molecule has 7 heteroatoms. The first-order valence-corrected chi connectivity index (χ1v) is 9.74. The monoisotopic (exact) mass is 339 g/mol. The minimum absolute atomic E-state index is 0.287. The summed E-state index contributed by atoms with van der Waals surface area (Å²) in [4.78, 5) is 0. The number of hydrogen-bond acceptors (Lipinski definition) is 7. The number of rotatable bonds is 0. The summed E-state index contributed by atoms with van der Waals surface area (Å²) in [6, 6.07) is 1.86. The molecule has 4 N–H and O–H groups in total. The minimum Gasteiger partial charge on any atom is -0.381 e. The van der Waals surface area contributed by atoms with E-state index in [1.165, 1.54) is 6.42 Å². The standard InChI is InChI=1S/C17H33N5O2/c1-11-5-7-23-8-6-12(2)24-13-3-4-15-14(9-13)17(20-19-15)16-10-18-22(11)21-16/h11-21H,3-10H2,1-2H3/t11-,12+,13?,14?,15?,16?,17?/m0/s1. The van der Waals surface area contributed by atoms with Gasteiger partial charge in [-0.3, -0.25) is 10.9 Å². The molecule has 138 valence electrons. The van der Waals surface area contributed by atoms with Gasteiger partial charge in [-0.2, -0.15) is 5.12 Å². The highest BCUT2D eigenvalue weighted by Crippen LogP contribution is 2.34. The molecule has 0 spiro atoms. The van der Waals surface area contributed by atoms with Crippen molar-refractivity contribution in [2.45, 2.75) is 82.3 Å². The molecule has 3 saturated heterocycles. The molecule has 1 aliphatic carbocycles. The zero-order valence-electron chi connectivity index (χ0n) is 15.0. The van der Waals surface area contributed by atoms with Crippen LogP contribution in [0.3, 0.4) is 0 Å². The Morgan fingerprint density at radius 1 is 0.958 bits per heavy atom. The van der Waals surface area contributed by atoms with Gasteiger partial charge in [0.2, 0.25) is 0 Å². The van der Waals surface area contributed by atoms with Gasteiger partial charge in [-0.05, 0) is 51.9 Å². The Morgan fingerprint density at radius 2 is 1.83 bits per heavy atom. The van der Waals surface area contributed by atoms with Gasteiger partial charge in [-0.15, -0.1) is 0 Å². The summed E-state index contributed by atoms with van der Waals surface area (Å²) in [6.07, 6.45) is 6.19. The highest BCUT2D eigenvalue weighted by molar-refractivity contribution is 5.02. The Hall–Kier alpha value is -0.280. The van der Waals surface area contributed by atoms with Gasteiger partial charge in [0.25, 0.3) is 0 Å². The molecule has 3 heterocycles. The molecule has 0 aromatic heterocycles. The highest BCUT2D eigenvalue weighted by atomic mass is 16.5. The second-order valence-corrected chi connectivity index (χ2v) is 7.97. The molecule has 4 aliphatic rings. The van der Waals surface area contributed by atoms with Gasteiger partial charge in [-0.1, -0.05) is 0 Å². The van der Waals surface area contributed by atoms with E-state index < -0.39 is 0 Å². The van der Waals surface area contributed by atoms with Gasteiger partial charge in [0, 0.05) is 37.9 Å². The average Bonchev–Trinajstić information content (AvgIpc) is 3.19. The van der Waals surface area contributed by atoms with Gasteiger partial charge in [0.05, 0.1) is 18.2 Å². The van der Waals surface area contributed by atoms with Gasteiger partial charge < -0.3 is 9.47 Å². The Bertz CT molecular complexity index is 426. The third-order valence-corrected chi connectivity index (χ3v) is 6.18. The van der Waals surface area contributed by atoms with E-state index in [-0.39, 0.29) is 6.10 Å². The first kappa shape index (κ1) is 17.1. The van der Waals surface area contributed by atoms with Crippen molar-refractivity contribution in [2.75, 3.05) is 19.8 Å². The highest BCUT2D eigenvalue weighted by Gasteiger charge is 2.45. The van der Waals surface area contributed by atoms with E-state index in [0.29, 0.717) is 36.2 Å². The van der Waals surface area contributed by atoms with Crippen molar-refractivity contribution < 1.29 is 9.47 Å². The molecule has 1 saturated carbocycles. The fourth-order valence-corrected chi connectivity index (χ4v) is 4.66. The molecule has 8 atom stereocenters. The van der Waals surface area contributed by atoms with Crippen molar-refractivity contribution in [2.24, 2.45) is 5.92 Å². The average molecular weight is 339 g/mol. The van der Waals surface area contributed by atoms with Gasteiger partial charge in [-0.25, -0.2) is 10.9 Å². The molecular formula is C17H33N5O2. The van der Waals surface area contributed by atoms with E-state index in [1.807, 2.05) is 0 Å². The molecule has 24 heavy (non-hydrogen) atoms. The maximum Gasteiger partial charge on any atom is 0.0583 e. The lowest BCUT2D eigenvalue weighted by Crippen LogP contribution is -2.53. The molecule has 4 fully saturated rings. The number of hydrogen-bond donors (Lipinski definition) is 4. The molecule has 6 unspecified atom stereocenters. The lowest BCUT2D eigenvalue weighted by atomic mass is 9.78. The number of ether oxygens (including phenoxy) is 2. The molecule has 7 nitrogen and oxygen atoms in total. The van der Waals surface area contributed by atoms with Crippen molar-refractivity contribution in [1.29, 1.82) is 0 Å². The van der Waals surface area contributed by atoms with Crippen LogP contribution in [0.5, 0.6) is 0 Å². The summed E-state index contributed by atoms with van der Waals surface area (Å²) >= 11 is 0. The van der Waals surface area contributed by atoms with E-state index in [1.54, 1.807) is 0 Å². The molecule has 0 aromatic rings. The third-order valence-electron chi connectivity index (χ3n) is 6.18. The van der Waals surface area contributed by atoms with Crippen LogP contribution in [0.4, 0.5) is 0 Å². The zero-order chi connectivity index (χ0) is 16.5. The van der Waals surface area contributed by atoms with Crippen LogP contribution >= 0.6 is 0 Å².